The van der Waals surface area contributed by atoms with E-state index in [1.807, 2.05) is 87.5 Å². The molecular weight excluding hydrogens is 638 g/mol. The molecule has 0 radical (unpaired) electrons. The number of para-hydroxylation sites is 1. The summed E-state index contributed by atoms with van der Waals surface area (Å²) < 4.78 is 30.2. The maximum Gasteiger partial charge on any atom is 0.264 e. The van der Waals surface area contributed by atoms with Crippen molar-refractivity contribution in [2.24, 2.45) is 0 Å². The number of halogens is 1. The van der Waals surface area contributed by atoms with Crippen LogP contribution in [0.2, 0.25) is 0 Å². The van der Waals surface area contributed by atoms with Crippen molar-refractivity contribution in [3.05, 3.63) is 130 Å². The van der Waals surface area contributed by atoms with E-state index in [2.05, 4.69) is 21.2 Å². The third-order valence-electron chi connectivity index (χ3n) is 7.53. The lowest BCUT2D eigenvalue weighted by molar-refractivity contribution is -0.140. The highest BCUT2D eigenvalue weighted by molar-refractivity contribution is 9.10. The molecule has 0 spiro atoms. The van der Waals surface area contributed by atoms with Crippen LogP contribution in [0.1, 0.15) is 37.0 Å². The van der Waals surface area contributed by atoms with Gasteiger partial charge in [0.05, 0.1) is 10.6 Å². The average molecular weight is 677 g/mol. The highest BCUT2D eigenvalue weighted by atomic mass is 79.9. The summed E-state index contributed by atoms with van der Waals surface area (Å²) in [5, 5.41) is 3.06. The number of amides is 2. The monoisotopic (exact) mass is 675 g/mol. The van der Waals surface area contributed by atoms with Crippen LogP contribution >= 0.6 is 15.9 Å². The first kappa shape index (κ1) is 33.0. The Bertz CT molecular complexity index is 1650. The predicted molar refractivity (Wildman–Crippen MR) is 179 cm³/mol. The van der Waals surface area contributed by atoms with Crippen molar-refractivity contribution in [3.63, 3.8) is 0 Å². The van der Waals surface area contributed by atoms with Gasteiger partial charge in [0.15, 0.2) is 0 Å². The van der Waals surface area contributed by atoms with E-state index in [1.165, 1.54) is 17.0 Å². The van der Waals surface area contributed by atoms with Crippen molar-refractivity contribution in [3.8, 4) is 0 Å². The lowest BCUT2D eigenvalue weighted by Crippen LogP contribution is -2.54. The SMILES string of the molecule is CC[C@H](C)NC(=O)[C@@H](Cc1ccccc1)N(Cc1ccc(Br)cc1)C(=O)CN(c1ccccc1C)S(=O)(=O)c1ccccc1. The largest absolute Gasteiger partial charge is 0.352 e. The summed E-state index contributed by atoms with van der Waals surface area (Å²) in [7, 11) is -4.13. The molecule has 0 aromatic heterocycles. The minimum Gasteiger partial charge on any atom is -0.352 e. The number of hydrogen-bond donors (Lipinski definition) is 1. The molecule has 0 bridgehead atoms. The Labute approximate surface area is 269 Å². The first-order chi connectivity index (χ1) is 21.1. The summed E-state index contributed by atoms with van der Waals surface area (Å²) in [6.07, 6.45) is 0.988. The molecule has 9 heteroatoms. The predicted octanol–water partition coefficient (Wildman–Crippen LogP) is 6.51. The zero-order chi connectivity index (χ0) is 31.7. The van der Waals surface area contributed by atoms with Crippen LogP contribution in [0.4, 0.5) is 5.69 Å². The van der Waals surface area contributed by atoms with Crippen LogP contribution in [0.15, 0.2) is 119 Å². The Kier molecular flexibility index (Phi) is 11.4. The summed E-state index contributed by atoms with van der Waals surface area (Å²) in [5.74, 6) is -0.780. The van der Waals surface area contributed by atoms with Crippen molar-refractivity contribution in [1.29, 1.82) is 0 Å². The summed E-state index contributed by atoms with van der Waals surface area (Å²) in [6.45, 7) is 5.34. The molecule has 7 nitrogen and oxygen atoms in total. The van der Waals surface area contributed by atoms with Crippen molar-refractivity contribution < 1.29 is 18.0 Å². The number of sulfonamides is 1. The van der Waals surface area contributed by atoms with Gasteiger partial charge in [0, 0.05) is 23.5 Å². The molecule has 1 N–H and O–H groups in total. The quantitative estimate of drug-likeness (QED) is 0.175. The number of nitrogens with zero attached hydrogens (tertiary/aromatic N) is 2. The molecule has 0 heterocycles. The normalized spacial score (nSPS) is 12.6. The van der Waals surface area contributed by atoms with Gasteiger partial charge in [-0.05, 0) is 67.3 Å². The lowest BCUT2D eigenvalue weighted by atomic mass is 10.0. The molecule has 4 aromatic rings. The Morgan fingerprint density at radius 2 is 1.41 bits per heavy atom. The molecule has 0 aliphatic heterocycles. The van der Waals surface area contributed by atoms with Gasteiger partial charge in [0.1, 0.15) is 12.6 Å². The van der Waals surface area contributed by atoms with Crippen LogP contribution in [-0.4, -0.2) is 43.8 Å². The van der Waals surface area contributed by atoms with Gasteiger partial charge in [-0.15, -0.1) is 0 Å². The highest BCUT2D eigenvalue weighted by Gasteiger charge is 2.35. The van der Waals surface area contributed by atoms with Gasteiger partial charge >= 0.3 is 0 Å². The minimum atomic E-state index is -4.13. The van der Waals surface area contributed by atoms with Crippen molar-refractivity contribution in [1.82, 2.24) is 10.2 Å². The van der Waals surface area contributed by atoms with Crippen LogP contribution in [0.25, 0.3) is 0 Å². The van der Waals surface area contributed by atoms with Crippen molar-refractivity contribution in [2.45, 2.75) is 57.1 Å². The summed E-state index contributed by atoms with van der Waals surface area (Å²) >= 11 is 3.46. The van der Waals surface area contributed by atoms with Crippen LogP contribution in [-0.2, 0) is 32.6 Å². The van der Waals surface area contributed by atoms with E-state index in [1.54, 1.807) is 30.3 Å². The van der Waals surface area contributed by atoms with E-state index in [4.69, 9.17) is 0 Å². The molecule has 0 fully saturated rings. The van der Waals surface area contributed by atoms with Crippen LogP contribution in [0.3, 0.4) is 0 Å². The Balaban J connectivity index is 1.81. The number of benzene rings is 4. The van der Waals surface area contributed by atoms with Crippen LogP contribution < -0.4 is 9.62 Å². The number of carbonyl (C=O) groups excluding carboxylic acids is 2. The van der Waals surface area contributed by atoms with Gasteiger partial charge in [-0.25, -0.2) is 8.42 Å². The maximum atomic E-state index is 14.5. The molecule has 0 saturated carbocycles. The van der Waals surface area contributed by atoms with Gasteiger partial charge in [-0.2, -0.15) is 0 Å². The number of nitrogens with one attached hydrogen (secondary N) is 1. The smallest absolute Gasteiger partial charge is 0.264 e. The fourth-order valence-electron chi connectivity index (χ4n) is 4.86. The minimum absolute atomic E-state index is 0.0749. The number of aryl methyl sites for hydroxylation is 1. The first-order valence-corrected chi connectivity index (χ1v) is 16.8. The molecule has 0 aliphatic rings. The van der Waals surface area contributed by atoms with E-state index in [9.17, 15) is 18.0 Å². The molecule has 0 aliphatic carbocycles. The van der Waals surface area contributed by atoms with Gasteiger partial charge in [-0.1, -0.05) is 102 Å². The van der Waals surface area contributed by atoms with E-state index in [-0.39, 0.29) is 29.8 Å². The molecule has 0 saturated heterocycles. The van der Waals surface area contributed by atoms with Crippen molar-refractivity contribution in [2.75, 3.05) is 10.8 Å². The standard InChI is InChI=1S/C35H38BrN3O4S/c1-4-27(3)37-35(41)33(23-28-14-7-5-8-15-28)38(24-29-19-21-30(36)22-20-29)34(40)25-39(32-18-12-11-13-26(32)2)44(42,43)31-16-9-6-10-17-31/h5-22,27,33H,4,23-25H2,1-3H3,(H,37,41)/t27-,33+/m0/s1. The van der Waals surface area contributed by atoms with Gasteiger partial charge in [-0.3, -0.25) is 13.9 Å². The highest BCUT2D eigenvalue weighted by Crippen LogP contribution is 2.28. The topological polar surface area (TPSA) is 86.8 Å². The zero-order valence-corrected chi connectivity index (χ0v) is 27.6. The Hall–Kier alpha value is -3.95. The van der Waals surface area contributed by atoms with Gasteiger partial charge < -0.3 is 10.2 Å². The fraction of sp³-hybridized carbons (Fsp3) is 0.257. The molecule has 2 amide bonds. The van der Waals surface area contributed by atoms with E-state index in [0.29, 0.717) is 11.3 Å². The number of anilines is 1. The summed E-state index contributed by atoms with van der Waals surface area (Å²) in [4.78, 5) is 30.0. The van der Waals surface area contributed by atoms with E-state index in [0.717, 1.165) is 26.3 Å². The number of carbonyl (C=O) groups is 2. The Morgan fingerprint density at radius 1 is 0.818 bits per heavy atom. The second-order valence-corrected chi connectivity index (χ2v) is 13.6. The zero-order valence-electron chi connectivity index (χ0n) is 25.2. The fourth-order valence-corrected chi connectivity index (χ4v) is 6.62. The molecule has 2 atom stereocenters. The Morgan fingerprint density at radius 3 is 2.02 bits per heavy atom. The second kappa shape index (κ2) is 15.2. The second-order valence-electron chi connectivity index (χ2n) is 10.8. The third kappa shape index (κ3) is 8.36. The molecule has 4 aromatic carbocycles. The first-order valence-electron chi connectivity index (χ1n) is 14.6. The number of hydrogen-bond acceptors (Lipinski definition) is 4. The molecule has 4 rings (SSSR count). The molecule has 230 valence electrons. The van der Waals surface area contributed by atoms with Crippen LogP contribution in [0.5, 0.6) is 0 Å². The summed E-state index contributed by atoms with van der Waals surface area (Å²) in [6, 6.07) is 31.2. The van der Waals surface area contributed by atoms with Crippen molar-refractivity contribution >= 4 is 43.5 Å². The van der Waals surface area contributed by atoms with Crippen LogP contribution in [0, 0.1) is 6.92 Å². The van der Waals surface area contributed by atoms with Gasteiger partial charge in [0.2, 0.25) is 11.8 Å². The average Bonchev–Trinajstić information content (AvgIpc) is 3.03. The molecule has 0 unspecified atom stereocenters. The molecule has 44 heavy (non-hydrogen) atoms. The lowest BCUT2D eigenvalue weighted by Gasteiger charge is -2.34. The number of rotatable bonds is 13. The van der Waals surface area contributed by atoms with E-state index >= 15 is 0 Å². The van der Waals surface area contributed by atoms with Gasteiger partial charge in [0.25, 0.3) is 10.0 Å². The maximum absolute atomic E-state index is 14.5. The summed E-state index contributed by atoms with van der Waals surface area (Å²) in [5.41, 5.74) is 2.80. The van der Waals surface area contributed by atoms with E-state index < -0.39 is 28.5 Å². The third-order valence-corrected chi connectivity index (χ3v) is 9.84. The molecular formula is C35H38BrN3O4S.